The van der Waals surface area contributed by atoms with Gasteiger partial charge in [-0.1, -0.05) is 37.6 Å². The molecule has 0 unspecified atom stereocenters. The van der Waals surface area contributed by atoms with Crippen molar-refractivity contribution >= 4 is 22.8 Å². The van der Waals surface area contributed by atoms with Crippen molar-refractivity contribution in [2.45, 2.75) is 32.7 Å². The molecule has 8 heteroatoms. The Morgan fingerprint density at radius 1 is 1.07 bits per heavy atom. The first kappa shape index (κ1) is 20.3. The molecule has 2 amide bonds. The molecule has 0 aliphatic rings. The summed E-state index contributed by atoms with van der Waals surface area (Å²) in [6.07, 6.45) is 2.75. The summed E-state index contributed by atoms with van der Waals surface area (Å²) in [5, 5.41) is 0. The number of imidazole rings is 1. The second-order valence-corrected chi connectivity index (χ2v) is 6.52. The Hall–Kier alpha value is -3.42. The monoisotopic (exact) mass is 398 g/mol. The van der Waals surface area contributed by atoms with Gasteiger partial charge >= 0.3 is 0 Å². The van der Waals surface area contributed by atoms with Gasteiger partial charge in [-0.15, -0.1) is 0 Å². The van der Waals surface area contributed by atoms with E-state index in [1.54, 1.807) is 6.07 Å². The van der Waals surface area contributed by atoms with Crippen molar-refractivity contribution in [3.05, 3.63) is 60.2 Å². The second kappa shape index (κ2) is 9.68. The Morgan fingerprint density at radius 3 is 2.59 bits per heavy atom. The number of fused-ring (bicyclic) bond motifs is 1. The van der Waals surface area contributed by atoms with E-state index in [0.717, 1.165) is 36.1 Å². The summed E-state index contributed by atoms with van der Waals surface area (Å²) in [7, 11) is 0. The number of carbonyl (C=O) groups is 2. The van der Waals surface area contributed by atoms with E-state index in [-0.39, 0.29) is 12.3 Å². The third-order valence-electron chi connectivity index (χ3n) is 4.33. The third kappa shape index (κ3) is 5.31. The number of ether oxygens (including phenoxy) is 1. The standard InChI is InChI=1S/C21H23FN4O3/c1-2-3-12-19-23-16-9-5-6-10-17(16)26(19)13-20(27)24-25-21(28)14-29-18-11-7-4-8-15(18)22/h4-11H,2-3,12-14H2,1H3,(H,24,27)(H,25,28). The minimum atomic E-state index is -0.594. The summed E-state index contributed by atoms with van der Waals surface area (Å²) in [4.78, 5) is 28.8. The van der Waals surface area contributed by atoms with Crippen molar-refractivity contribution in [1.29, 1.82) is 0 Å². The molecule has 0 saturated heterocycles. The SMILES string of the molecule is CCCCc1nc2ccccc2n1CC(=O)NNC(=O)COc1ccccc1F. The molecule has 0 atom stereocenters. The Bertz CT molecular complexity index is 1000. The van der Waals surface area contributed by atoms with Crippen LogP contribution in [0.15, 0.2) is 48.5 Å². The number of benzene rings is 2. The molecule has 152 valence electrons. The normalized spacial score (nSPS) is 10.7. The predicted molar refractivity (Wildman–Crippen MR) is 107 cm³/mol. The molecule has 1 heterocycles. The average Bonchev–Trinajstić information content (AvgIpc) is 3.07. The lowest BCUT2D eigenvalue weighted by Crippen LogP contribution is -2.45. The van der Waals surface area contributed by atoms with Gasteiger partial charge in [-0.25, -0.2) is 9.37 Å². The highest BCUT2D eigenvalue weighted by molar-refractivity contribution is 5.84. The molecule has 0 fully saturated rings. The number of aromatic nitrogens is 2. The van der Waals surface area contributed by atoms with Gasteiger partial charge in [0.25, 0.3) is 11.8 Å². The van der Waals surface area contributed by atoms with Gasteiger partial charge < -0.3 is 9.30 Å². The maximum atomic E-state index is 13.5. The van der Waals surface area contributed by atoms with Crippen LogP contribution in [-0.4, -0.2) is 28.0 Å². The van der Waals surface area contributed by atoms with Crippen LogP contribution in [0.1, 0.15) is 25.6 Å². The maximum Gasteiger partial charge on any atom is 0.276 e. The van der Waals surface area contributed by atoms with Crippen molar-refractivity contribution in [2.75, 3.05) is 6.61 Å². The minimum Gasteiger partial charge on any atom is -0.481 e. The lowest BCUT2D eigenvalue weighted by Gasteiger charge is -2.11. The van der Waals surface area contributed by atoms with Crippen molar-refractivity contribution in [1.82, 2.24) is 20.4 Å². The average molecular weight is 398 g/mol. The topological polar surface area (TPSA) is 85.3 Å². The number of para-hydroxylation sites is 3. The number of nitrogens with zero attached hydrogens (tertiary/aromatic N) is 2. The largest absolute Gasteiger partial charge is 0.481 e. The Labute approximate surface area is 167 Å². The molecular formula is C21H23FN4O3. The quantitative estimate of drug-likeness (QED) is 0.572. The first-order chi connectivity index (χ1) is 14.1. The van der Waals surface area contributed by atoms with E-state index in [4.69, 9.17) is 4.74 Å². The predicted octanol–water partition coefficient (Wildman–Crippen LogP) is 2.74. The van der Waals surface area contributed by atoms with E-state index in [0.29, 0.717) is 0 Å². The molecule has 0 spiro atoms. The van der Waals surface area contributed by atoms with E-state index >= 15 is 0 Å². The summed E-state index contributed by atoms with van der Waals surface area (Å²) in [5.74, 6) is -0.749. The molecule has 2 aromatic carbocycles. The molecule has 2 N–H and O–H groups in total. The number of rotatable bonds is 8. The number of amides is 2. The molecule has 3 rings (SSSR count). The van der Waals surface area contributed by atoms with E-state index in [1.807, 2.05) is 28.8 Å². The molecule has 29 heavy (non-hydrogen) atoms. The molecular weight excluding hydrogens is 375 g/mol. The van der Waals surface area contributed by atoms with E-state index < -0.39 is 24.2 Å². The summed E-state index contributed by atoms with van der Waals surface area (Å²) >= 11 is 0. The van der Waals surface area contributed by atoms with Crippen LogP contribution in [0.5, 0.6) is 5.75 Å². The van der Waals surface area contributed by atoms with Crippen LogP contribution in [0.2, 0.25) is 0 Å². The van der Waals surface area contributed by atoms with Gasteiger partial charge in [0.15, 0.2) is 18.2 Å². The van der Waals surface area contributed by atoms with Crippen molar-refractivity contribution in [3.63, 3.8) is 0 Å². The van der Waals surface area contributed by atoms with Gasteiger partial charge in [0.05, 0.1) is 11.0 Å². The van der Waals surface area contributed by atoms with Gasteiger partial charge in [0, 0.05) is 6.42 Å². The van der Waals surface area contributed by atoms with Gasteiger partial charge in [0.2, 0.25) is 0 Å². The highest BCUT2D eigenvalue weighted by Crippen LogP contribution is 2.17. The van der Waals surface area contributed by atoms with Crippen molar-refractivity contribution in [2.24, 2.45) is 0 Å². The first-order valence-electron chi connectivity index (χ1n) is 9.47. The lowest BCUT2D eigenvalue weighted by molar-refractivity contribution is -0.130. The van der Waals surface area contributed by atoms with Crippen LogP contribution >= 0.6 is 0 Å². The summed E-state index contributed by atoms with van der Waals surface area (Å²) in [6, 6.07) is 13.4. The van der Waals surface area contributed by atoms with Crippen molar-refractivity contribution in [3.8, 4) is 5.75 Å². The van der Waals surface area contributed by atoms with E-state index in [2.05, 4.69) is 22.8 Å². The highest BCUT2D eigenvalue weighted by Gasteiger charge is 2.14. The van der Waals surface area contributed by atoms with Gasteiger partial charge in [0.1, 0.15) is 12.4 Å². The van der Waals surface area contributed by atoms with Gasteiger partial charge in [-0.2, -0.15) is 0 Å². The number of halogens is 1. The number of nitrogens with one attached hydrogen (secondary N) is 2. The van der Waals surface area contributed by atoms with Crippen LogP contribution in [0.4, 0.5) is 4.39 Å². The number of unbranched alkanes of at least 4 members (excludes halogenated alkanes) is 1. The number of hydrogen-bond acceptors (Lipinski definition) is 4. The molecule has 7 nitrogen and oxygen atoms in total. The summed E-state index contributed by atoms with van der Waals surface area (Å²) in [6.45, 7) is 1.70. The van der Waals surface area contributed by atoms with Crippen LogP contribution in [0.3, 0.4) is 0 Å². The molecule has 0 saturated carbocycles. The zero-order chi connectivity index (χ0) is 20.6. The van der Waals surface area contributed by atoms with E-state index in [9.17, 15) is 14.0 Å². The highest BCUT2D eigenvalue weighted by atomic mass is 19.1. The molecule has 0 aliphatic carbocycles. The zero-order valence-electron chi connectivity index (χ0n) is 16.2. The molecule has 0 aliphatic heterocycles. The third-order valence-corrected chi connectivity index (χ3v) is 4.33. The van der Waals surface area contributed by atoms with Gasteiger partial charge in [-0.3, -0.25) is 20.4 Å². The van der Waals surface area contributed by atoms with Crippen LogP contribution in [0, 0.1) is 5.82 Å². The molecule has 0 bridgehead atoms. The molecule has 0 radical (unpaired) electrons. The lowest BCUT2D eigenvalue weighted by atomic mass is 10.2. The smallest absolute Gasteiger partial charge is 0.276 e. The minimum absolute atomic E-state index is 0.0218. The van der Waals surface area contributed by atoms with Crippen LogP contribution in [-0.2, 0) is 22.6 Å². The summed E-state index contributed by atoms with van der Waals surface area (Å²) in [5.41, 5.74) is 6.33. The van der Waals surface area contributed by atoms with E-state index in [1.165, 1.54) is 18.2 Å². The Morgan fingerprint density at radius 2 is 1.79 bits per heavy atom. The number of carbonyl (C=O) groups excluding carboxylic acids is 2. The van der Waals surface area contributed by atoms with Crippen molar-refractivity contribution < 1.29 is 18.7 Å². The van der Waals surface area contributed by atoms with Crippen LogP contribution in [0.25, 0.3) is 11.0 Å². The van der Waals surface area contributed by atoms with Crippen LogP contribution < -0.4 is 15.6 Å². The number of hydrogen-bond donors (Lipinski definition) is 2. The Kier molecular flexibility index (Phi) is 6.78. The fourth-order valence-corrected chi connectivity index (χ4v) is 2.89. The molecule has 1 aromatic heterocycles. The second-order valence-electron chi connectivity index (χ2n) is 6.52. The number of aryl methyl sites for hydroxylation is 1. The first-order valence-corrected chi connectivity index (χ1v) is 9.47. The zero-order valence-corrected chi connectivity index (χ0v) is 16.2. The van der Waals surface area contributed by atoms with Gasteiger partial charge in [-0.05, 0) is 30.7 Å². The number of hydrazine groups is 1. The summed E-state index contributed by atoms with van der Waals surface area (Å²) < 4.78 is 20.4. The fourth-order valence-electron chi connectivity index (χ4n) is 2.89. The molecule has 3 aromatic rings. The Balaban J connectivity index is 1.56. The maximum absolute atomic E-state index is 13.5. The fraction of sp³-hybridized carbons (Fsp3) is 0.286.